The average molecular weight is 432 g/mol. The predicted molar refractivity (Wildman–Crippen MR) is 93.1 cm³/mol. The van der Waals surface area contributed by atoms with Crippen LogP contribution in [0.1, 0.15) is 16.9 Å². The van der Waals surface area contributed by atoms with Crippen LogP contribution in [0.2, 0.25) is 0 Å². The molecule has 0 saturated heterocycles. The molecule has 0 saturated carbocycles. The highest BCUT2D eigenvalue weighted by Gasteiger charge is 2.41. The van der Waals surface area contributed by atoms with Gasteiger partial charge in [0.25, 0.3) is 0 Å². The van der Waals surface area contributed by atoms with E-state index in [0.29, 0.717) is 12.1 Å². The van der Waals surface area contributed by atoms with Gasteiger partial charge in [0.1, 0.15) is 17.3 Å². The van der Waals surface area contributed by atoms with Crippen molar-refractivity contribution in [1.82, 2.24) is 5.16 Å². The number of nitrogens with two attached hydrogens (primary N) is 1. The van der Waals surface area contributed by atoms with Crippen LogP contribution in [0.15, 0.2) is 39.8 Å². The quantitative estimate of drug-likeness (QED) is 0.615. The van der Waals surface area contributed by atoms with E-state index in [9.17, 15) is 30.4 Å². The molecule has 11 heteroatoms. The van der Waals surface area contributed by atoms with E-state index in [1.165, 1.54) is 6.07 Å². The van der Waals surface area contributed by atoms with Crippen LogP contribution in [-0.4, -0.2) is 13.6 Å². The van der Waals surface area contributed by atoms with Gasteiger partial charge in [-0.1, -0.05) is 17.3 Å². The van der Waals surface area contributed by atoms with Gasteiger partial charge in [0.2, 0.25) is 15.8 Å². The van der Waals surface area contributed by atoms with Gasteiger partial charge < -0.3 is 4.52 Å². The zero-order valence-electron chi connectivity index (χ0n) is 14.9. The lowest BCUT2D eigenvalue weighted by Crippen LogP contribution is -2.16. The van der Waals surface area contributed by atoms with E-state index in [1.54, 1.807) is 26.0 Å². The molecule has 2 N–H and O–H groups in total. The number of halogens is 5. The summed E-state index contributed by atoms with van der Waals surface area (Å²) in [7, 11) is -4.77. The summed E-state index contributed by atoms with van der Waals surface area (Å²) in [6.07, 6.45) is -5.02. The van der Waals surface area contributed by atoms with Gasteiger partial charge in [-0.2, -0.15) is 13.2 Å². The Morgan fingerprint density at radius 3 is 2.03 bits per heavy atom. The first kappa shape index (κ1) is 20.9. The molecule has 154 valence electrons. The minimum Gasteiger partial charge on any atom is -0.350 e. The first-order chi connectivity index (χ1) is 13.3. The molecule has 3 aromatic rings. The summed E-state index contributed by atoms with van der Waals surface area (Å²) in [5.41, 5.74) is 0.200. The molecule has 3 rings (SSSR count). The fourth-order valence-corrected chi connectivity index (χ4v) is 3.47. The van der Waals surface area contributed by atoms with Crippen LogP contribution in [0.25, 0.3) is 22.4 Å². The number of hydrogen-bond donors (Lipinski definition) is 1. The first-order valence-electron chi connectivity index (χ1n) is 7.97. The molecular formula is C18H13F5N2O3S. The summed E-state index contributed by atoms with van der Waals surface area (Å²) in [5.74, 6) is -4.85. The molecule has 0 spiro atoms. The maximum absolute atomic E-state index is 14.2. The van der Waals surface area contributed by atoms with Gasteiger partial charge in [-0.25, -0.2) is 22.3 Å². The lowest BCUT2D eigenvalue weighted by molar-refractivity contribution is -0.154. The number of sulfonamides is 1. The second-order valence-electron chi connectivity index (χ2n) is 6.35. The Bertz CT molecular complexity index is 1190. The van der Waals surface area contributed by atoms with Crippen molar-refractivity contribution >= 4 is 10.0 Å². The maximum Gasteiger partial charge on any atom is 0.453 e. The van der Waals surface area contributed by atoms with Crippen LogP contribution in [0.4, 0.5) is 22.0 Å². The molecule has 0 bridgehead atoms. The average Bonchev–Trinajstić information content (AvgIpc) is 3.00. The van der Waals surface area contributed by atoms with E-state index in [-0.39, 0.29) is 11.3 Å². The van der Waals surface area contributed by atoms with Gasteiger partial charge in [-0.15, -0.1) is 0 Å². The normalized spacial score (nSPS) is 12.4. The summed E-state index contributed by atoms with van der Waals surface area (Å²) in [6.45, 7) is 3.52. The zero-order chi connectivity index (χ0) is 21.7. The number of aromatic nitrogens is 1. The highest BCUT2D eigenvalue weighted by Crippen LogP contribution is 2.43. The largest absolute Gasteiger partial charge is 0.453 e. The molecule has 0 atom stereocenters. The van der Waals surface area contributed by atoms with Crippen LogP contribution in [-0.2, 0) is 16.2 Å². The Hall–Kier alpha value is -2.79. The van der Waals surface area contributed by atoms with E-state index in [0.717, 1.165) is 11.1 Å². The van der Waals surface area contributed by atoms with Gasteiger partial charge in [0.05, 0.1) is 5.56 Å². The van der Waals surface area contributed by atoms with Gasteiger partial charge >= 0.3 is 6.18 Å². The highest BCUT2D eigenvalue weighted by molar-refractivity contribution is 7.89. The van der Waals surface area contributed by atoms with Crippen molar-refractivity contribution in [1.29, 1.82) is 0 Å². The lowest BCUT2D eigenvalue weighted by atomic mass is 9.96. The van der Waals surface area contributed by atoms with E-state index in [1.807, 2.05) is 0 Å². The molecule has 1 heterocycles. The number of hydrogen-bond acceptors (Lipinski definition) is 4. The van der Waals surface area contributed by atoms with Crippen molar-refractivity contribution in [3.05, 3.63) is 58.9 Å². The molecule has 0 aliphatic rings. The van der Waals surface area contributed by atoms with E-state index in [4.69, 9.17) is 5.14 Å². The standard InChI is InChI=1S/C18H13F5N2O3S/c1-8-3-4-10(5-9(8)2)15-14(17(28-25-15)18(21,22)23)11-6-12(19)16(13(20)7-11)29(24,26)27/h3-7H,1-2H3,(H2,24,26,27). The van der Waals surface area contributed by atoms with Crippen LogP contribution in [0.3, 0.4) is 0 Å². The number of nitrogens with zero attached hydrogens (tertiary/aromatic N) is 1. The summed E-state index contributed by atoms with van der Waals surface area (Å²) in [5, 5.41) is 8.21. The molecule has 2 aromatic carbocycles. The van der Waals surface area contributed by atoms with Gasteiger partial charge in [0.15, 0.2) is 4.90 Å². The van der Waals surface area contributed by atoms with E-state index >= 15 is 0 Å². The van der Waals surface area contributed by atoms with Crippen molar-refractivity contribution < 1.29 is 34.9 Å². The molecule has 5 nitrogen and oxygen atoms in total. The van der Waals surface area contributed by atoms with Crippen molar-refractivity contribution in [3.8, 4) is 22.4 Å². The number of alkyl halides is 3. The van der Waals surface area contributed by atoms with Crippen LogP contribution in [0.5, 0.6) is 0 Å². The van der Waals surface area contributed by atoms with Crippen molar-refractivity contribution in [3.63, 3.8) is 0 Å². The molecule has 0 aliphatic heterocycles. The minimum absolute atomic E-state index is 0.221. The van der Waals surface area contributed by atoms with Gasteiger partial charge in [0, 0.05) is 5.56 Å². The first-order valence-corrected chi connectivity index (χ1v) is 9.52. The fourth-order valence-electron chi connectivity index (χ4n) is 2.81. The van der Waals surface area contributed by atoms with Crippen molar-refractivity contribution in [2.24, 2.45) is 5.14 Å². The molecule has 0 radical (unpaired) electrons. The maximum atomic E-state index is 14.2. The molecule has 0 amide bonds. The number of aryl methyl sites for hydroxylation is 2. The van der Waals surface area contributed by atoms with E-state index in [2.05, 4.69) is 9.68 Å². The summed E-state index contributed by atoms with van der Waals surface area (Å²) >= 11 is 0. The highest BCUT2D eigenvalue weighted by atomic mass is 32.2. The summed E-state index contributed by atoms with van der Waals surface area (Å²) in [4.78, 5) is -1.45. The Kier molecular flexibility index (Phi) is 4.99. The fraction of sp³-hybridized carbons (Fsp3) is 0.167. The molecule has 1 aromatic heterocycles. The predicted octanol–water partition coefficient (Wildman–Crippen LogP) is 4.57. The van der Waals surface area contributed by atoms with Crippen LogP contribution in [0, 0.1) is 25.5 Å². The van der Waals surface area contributed by atoms with Crippen LogP contribution >= 0.6 is 0 Å². The molecule has 0 fully saturated rings. The topological polar surface area (TPSA) is 86.2 Å². The van der Waals surface area contributed by atoms with Gasteiger partial charge in [-0.3, -0.25) is 0 Å². The Morgan fingerprint density at radius 1 is 0.966 bits per heavy atom. The third kappa shape index (κ3) is 3.87. The third-order valence-electron chi connectivity index (χ3n) is 4.30. The number of rotatable bonds is 3. The Labute approximate surface area is 162 Å². The summed E-state index contributed by atoms with van der Waals surface area (Å²) in [6, 6.07) is 5.55. The second kappa shape index (κ2) is 6.92. The van der Waals surface area contributed by atoms with Crippen molar-refractivity contribution in [2.45, 2.75) is 24.9 Å². The Morgan fingerprint density at radius 2 is 1.55 bits per heavy atom. The van der Waals surface area contributed by atoms with E-state index < -0.39 is 49.6 Å². The van der Waals surface area contributed by atoms with Crippen LogP contribution < -0.4 is 5.14 Å². The van der Waals surface area contributed by atoms with Crippen molar-refractivity contribution in [2.75, 3.05) is 0 Å². The number of primary sulfonamides is 1. The molecule has 0 unspecified atom stereocenters. The zero-order valence-corrected chi connectivity index (χ0v) is 15.8. The number of benzene rings is 2. The van der Waals surface area contributed by atoms with Gasteiger partial charge in [-0.05, 0) is 48.7 Å². The SMILES string of the molecule is Cc1ccc(-c2noc(C(F)(F)F)c2-c2cc(F)c(S(N)(=O)=O)c(F)c2)cc1C. The molecular weight excluding hydrogens is 419 g/mol. The monoisotopic (exact) mass is 432 g/mol. The second-order valence-corrected chi connectivity index (χ2v) is 7.84. The lowest BCUT2D eigenvalue weighted by Gasteiger charge is -2.10. The third-order valence-corrected chi connectivity index (χ3v) is 5.26. The molecule has 0 aliphatic carbocycles. The minimum atomic E-state index is -5.02. The summed E-state index contributed by atoms with van der Waals surface area (Å²) < 4.78 is 96.0. The smallest absolute Gasteiger partial charge is 0.350 e. The Balaban J connectivity index is 2.34. The molecule has 29 heavy (non-hydrogen) atoms.